The van der Waals surface area contributed by atoms with Crippen molar-refractivity contribution in [2.75, 3.05) is 29.9 Å². The molecular formula is C23H28F2N6O2. The maximum Gasteiger partial charge on any atom is 0.407 e. The topological polar surface area (TPSA) is 83.8 Å². The molecule has 0 bridgehead atoms. The molecule has 176 valence electrons. The van der Waals surface area contributed by atoms with Crippen molar-refractivity contribution in [3.05, 3.63) is 53.9 Å². The summed E-state index contributed by atoms with van der Waals surface area (Å²) in [7, 11) is 0. The number of ether oxygens (including phenoxy) is 1. The maximum absolute atomic E-state index is 14.4. The second-order valence-corrected chi connectivity index (χ2v) is 9.07. The first-order valence-corrected chi connectivity index (χ1v) is 11.0. The first-order chi connectivity index (χ1) is 15.7. The second kappa shape index (κ2) is 9.21. The van der Waals surface area contributed by atoms with Crippen LogP contribution in [0.25, 0.3) is 5.65 Å². The van der Waals surface area contributed by atoms with Crippen molar-refractivity contribution in [1.82, 2.24) is 19.9 Å². The normalized spacial score (nSPS) is 16.3. The Kier molecular flexibility index (Phi) is 6.35. The monoisotopic (exact) mass is 458 g/mol. The number of hydrogen-bond acceptors (Lipinski definition) is 6. The van der Waals surface area contributed by atoms with Crippen LogP contribution in [-0.4, -0.2) is 45.9 Å². The van der Waals surface area contributed by atoms with Gasteiger partial charge in [0.25, 0.3) is 0 Å². The van der Waals surface area contributed by atoms with E-state index in [-0.39, 0.29) is 18.2 Å². The number of amides is 1. The number of rotatable bonds is 6. The molecule has 1 aromatic carbocycles. The van der Waals surface area contributed by atoms with Crippen LogP contribution in [0.15, 0.2) is 36.7 Å². The van der Waals surface area contributed by atoms with Crippen LogP contribution in [0.3, 0.4) is 0 Å². The van der Waals surface area contributed by atoms with Gasteiger partial charge in [0, 0.05) is 30.4 Å². The van der Waals surface area contributed by atoms with E-state index in [9.17, 15) is 13.6 Å². The van der Waals surface area contributed by atoms with E-state index < -0.39 is 17.7 Å². The number of carbonyl (C=O) groups excluding carboxylic acids is 1. The Labute approximate surface area is 190 Å². The Bertz CT molecular complexity index is 1140. The lowest BCUT2D eigenvalue weighted by Gasteiger charge is -2.26. The number of aromatic nitrogens is 3. The molecule has 0 spiro atoms. The largest absolute Gasteiger partial charge is 0.448 e. The third kappa shape index (κ3) is 5.32. The minimum atomic E-state index is -0.478. The number of halogens is 2. The van der Waals surface area contributed by atoms with E-state index in [0.29, 0.717) is 42.2 Å². The molecule has 1 fully saturated rings. The second-order valence-electron chi connectivity index (χ2n) is 9.07. The van der Waals surface area contributed by atoms with Crippen LogP contribution in [-0.2, 0) is 4.74 Å². The first-order valence-electron chi connectivity index (χ1n) is 11.0. The van der Waals surface area contributed by atoms with Gasteiger partial charge in [-0.3, -0.25) is 0 Å². The van der Waals surface area contributed by atoms with E-state index in [1.807, 2.05) is 31.7 Å². The van der Waals surface area contributed by atoms with E-state index in [1.165, 1.54) is 12.1 Å². The lowest BCUT2D eigenvalue weighted by molar-refractivity contribution is 0.142. The Morgan fingerprint density at radius 2 is 2.09 bits per heavy atom. The highest BCUT2D eigenvalue weighted by Gasteiger charge is 2.30. The smallest absolute Gasteiger partial charge is 0.407 e. The van der Waals surface area contributed by atoms with Gasteiger partial charge in [-0.05, 0) is 57.9 Å². The standard InChI is InChI=1S/C23H28F2N6O2/c1-23(2,3)29-22(32)33-12-9-26-18-14-27-31-11-8-20(28-21(18)31)30-10-4-5-19(30)16-13-15(24)6-7-17(16)25/h6-8,11,13-14,19,26H,4-5,9-10,12H2,1-3H3,(H,29,32). The van der Waals surface area contributed by atoms with Crippen LogP contribution in [0.4, 0.5) is 25.1 Å². The minimum absolute atomic E-state index is 0.173. The van der Waals surface area contributed by atoms with Gasteiger partial charge < -0.3 is 20.3 Å². The van der Waals surface area contributed by atoms with Crippen LogP contribution >= 0.6 is 0 Å². The molecule has 4 rings (SSSR count). The minimum Gasteiger partial charge on any atom is -0.448 e. The van der Waals surface area contributed by atoms with Crippen molar-refractivity contribution in [2.24, 2.45) is 0 Å². The van der Waals surface area contributed by atoms with Gasteiger partial charge in [-0.15, -0.1) is 0 Å². The molecule has 1 amide bonds. The van der Waals surface area contributed by atoms with E-state index >= 15 is 0 Å². The molecule has 10 heteroatoms. The average molecular weight is 459 g/mol. The highest BCUT2D eigenvalue weighted by molar-refractivity contribution is 5.69. The SMILES string of the molecule is CC(C)(C)NC(=O)OCCNc1cnn2ccc(N3CCCC3c3cc(F)ccc3F)nc12. The van der Waals surface area contributed by atoms with Gasteiger partial charge in [-0.25, -0.2) is 23.1 Å². The van der Waals surface area contributed by atoms with E-state index in [2.05, 4.69) is 15.7 Å². The highest BCUT2D eigenvalue weighted by atomic mass is 19.1. The predicted molar refractivity (Wildman–Crippen MR) is 121 cm³/mol. The summed E-state index contributed by atoms with van der Waals surface area (Å²) >= 11 is 0. The fourth-order valence-corrected chi connectivity index (χ4v) is 3.95. The van der Waals surface area contributed by atoms with Crippen molar-refractivity contribution < 1.29 is 18.3 Å². The van der Waals surface area contributed by atoms with Crippen LogP contribution in [0.2, 0.25) is 0 Å². The van der Waals surface area contributed by atoms with E-state index in [0.717, 1.165) is 12.5 Å². The molecule has 2 aromatic heterocycles. The van der Waals surface area contributed by atoms with Gasteiger partial charge in [-0.2, -0.15) is 5.10 Å². The molecule has 1 unspecified atom stereocenters. The maximum atomic E-state index is 14.4. The van der Waals surface area contributed by atoms with Gasteiger partial charge in [0.15, 0.2) is 5.65 Å². The summed E-state index contributed by atoms with van der Waals surface area (Å²) in [5, 5.41) is 10.2. The zero-order valence-electron chi connectivity index (χ0n) is 18.9. The average Bonchev–Trinajstić information content (AvgIpc) is 3.38. The molecule has 2 N–H and O–H groups in total. The van der Waals surface area contributed by atoms with Gasteiger partial charge in [-0.1, -0.05) is 0 Å². The number of fused-ring (bicyclic) bond motifs is 1. The Hall–Kier alpha value is -3.43. The summed E-state index contributed by atoms with van der Waals surface area (Å²) in [6.45, 7) is 6.88. The number of benzene rings is 1. The summed E-state index contributed by atoms with van der Waals surface area (Å²) in [5.74, 6) is -0.211. The molecule has 1 saturated heterocycles. The van der Waals surface area contributed by atoms with E-state index in [4.69, 9.17) is 9.72 Å². The summed E-state index contributed by atoms with van der Waals surface area (Å²) in [5.41, 5.74) is 1.25. The quantitative estimate of drug-likeness (QED) is 0.537. The highest BCUT2D eigenvalue weighted by Crippen LogP contribution is 2.37. The molecule has 1 aliphatic rings. The number of alkyl carbamates (subject to hydrolysis) is 1. The lowest BCUT2D eigenvalue weighted by atomic mass is 10.0. The Balaban J connectivity index is 1.46. The summed E-state index contributed by atoms with van der Waals surface area (Å²) in [4.78, 5) is 18.5. The summed E-state index contributed by atoms with van der Waals surface area (Å²) in [6.07, 6.45) is 4.52. The van der Waals surface area contributed by atoms with Gasteiger partial charge in [0.2, 0.25) is 0 Å². The molecule has 1 aliphatic heterocycles. The molecule has 0 saturated carbocycles. The molecule has 0 radical (unpaired) electrons. The molecule has 0 aliphatic carbocycles. The third-order valence-corrected chi connectivity index (χ3v) is 5.35. The Morgan fingerprint density at radius 3 is 2.88 bits per heavy atom. The lowest BCUT2D eigenvalue weighted by Crippen LogP contribution is -2.41. The van der Waals surface area contributed by atoms with Crippen LogP contribution in [0.1, 0.15) is 45.2 Å². The van der Waals surface area contributed by atoms with Crippen molar-refractivity contribution >= 4 is 23.2 Å². The Morgan fingerprint density at radius 1 is 1.27 bits per heavy atom. The molecular weight excluding hydrogens is 430 g/mol. The first kappa shape index (κ1) is 22.8. The van der Waals surface area contributed by atoms with Gasteiger partial charge >= 0.3 is 6.09 Å². The summed E-state index contributed by atoms with van der Waals surface area (Å²) < 4.78 is 35.0. The number of carbonyl (C=O) groups is 1. The van der Waals surface area contributed by atoms with Crippen LogP contribution in [0, 0.1) is 11.6 Å². The number of nitrogens with one attached hydrogen (secondary N) is 2. The van der Waals surface area contributed by atoms with Gasteiger partial charge in [0.05, 0.1) is 12.2 Å². The molecule has 3 aromatic rings. The number of anilines is 2. The fourth-order valence-electron chi connectivity index (χ4n) is 3.95. The van der Waals surface area contributed by atoms with Crippen LogP contribution < -0.4 is 15.5 Å². The molecule has 33 heavy (non-hydrogen) atoms. The molecule has 3 heterocycles. The predicted octanol–water partition coefficient (Wildman–Crippen LogP) is 4.29. The number of nitrogens with zero attached hydrogens (tertiary/aromatic N) is 4. The fraction of sp³-hybridized carbons (Fsp3) is 0.435. The summed E-state index contributed by atoms with van der Waals surface area (Å²) in [6, 6.07) is 5.09. The van der Waals surface area contributed by atoms with Crippen molar-refractivity contribution in [3.8, 4) is 0 Å². The van der Waals surface area contributed by atoms with Crippen molar-refractivity contribution in [1.29, 1.82) is 0 Å². The number of hydrogen-bond donors (Lipinski definition) is 2. The van der Waals surface area contributed by atoms with Crippen LogP contribution in [0.5, 0.6) is 0 Å². The van der Waals surface area contributed by atoms with Crippen molar-refractivity contribution in [2.45, 2.75) is 45.2 Å². The van der Waals surface area contributed by atoms with E-state index in [1.54, 1.807) is 16.9 Å². The van der Waals surface area contributed by atoms with Gasteiger partial charge in [0.1, 0.15) is 29.7 Å². The zero-order valence-corrected chi connectivity index (χ0v) is 18.9. The molecule has 8 nitrogen and oxygen atoms in total. The zero-order chi connectivity index (χ0) is 23.6. The third-order valence-electron chi connectivity index (χ3n) is 5.35. The van der Waals surface area contributed by atoms with Crippen molar-refractivity contribution in [3.63, 3.8) is 0 Å². The molecule has 1 atom stereocenters.